The number of nitrogens with zero attached hydrogens (tertiary/aromatic N) is 2. The van der Waals surface area contributed by atoms with E-state index in [4.69, 9.17) is 11.6 Å². The number of aromatic amines is 1. The van der Waals surface area contributed by atoms with Crippen molar-refractivity contribution >= 4 is 21.6 Å². The lowest BCUT2D eigenvalue weighted by molar-refractivity contribution is 0.581. The Balaban J connectivity index is 2.05. The summed E-state index contributed by atoms with van der Waals surface area (Å²) >= 11 is 5.94. The van der Waals surface area contributed by atoms with Gasteiger partial charge in [-0.2, -0.15) is 5.10 Å². The number of aryl methyl sites for hydroxylation is 1. The van der Waals surface area contributed by atoms with Crippen molar-refractivity contribution in [1.82, 2.24) is 19.9 Å². The van der Waals surface area contributed by atoms with E-state index < -0.39 is 10.0 Å². The Morgan fingerprint density at radius 3 is 2.84 bits per heavy atom. The molecule has 6 nitrogen and oxygen atoms in total. The second kappa shape index (κ2) is 5.68. The van der Waals surface area contributed by atoms with Gasteiger partial charge in [-0.05, 0) is 24.6 Å². The first-order valence-electron chi connectivity index (χ1n) is 5.59. The average Bonchev–Trinajstić information content (AvgIpc) is 2.81. The van der Waals surface area contributed by atoms with Gasteiger partial charge in [-0.25, -0.2) is 18.1 Å². The van der Waals surface area contributed by atoms with Crippen molar-refractivity contribution < 1.29 is 8.42 Å². The summed E-state index contributed by atoms with van der Waals surface area (Å²) in [5.74, 6) is 0.623. The van der Waals surface area contributed by atoms with Gasteiger partial charge in [-0.1, -0.05) is 17.7 Å². The molecule has 0 saturated carbocycles. The minimum Gasteiger partial charge on any atom is -0.263 e. The predicted molar refractivity (Wildman–Crippen MR) is 71.5 cm³/mol. The van der Waals surface area contributed by atoms with Gasteiger partial charge in [0.15, 0.2) is 0 Å². The van der Waals surface area contributed by atoms with E-state index in [1.165, 1.54) is 12.4 Å². The molecule has 1 heterocycles. The van der Waals surface area contributed by atoms with Crippen LogP contribution in [0.4, 0.5) is 0 Å². The summed E-state index contributed by atoms with van der Waals surface area (Å²) in [7, 11) is -3.60. The summed E-state index contributed by atoms with van der Waals surface area (Å²) in [6.07, 6.45) is 1.81. The number of sulfonamides is 1. The molecule has 1 aromatic heterocycles. The molecule has 8 heteroatoms. The molecule has 102 valence electrons. The molecule has 1 aromatic carbocycles. The molecule has 0 unspecified atom stereocenters. The van der Waals surface area contributed by atoms with Crippen LogP contribution in [0.2, 0.25) is 5.02 Å². The Kier molecular flexibility index (Phi) is 4.18. The van der Waals surface area contributed by atoms with E-state index in [0.29, 0.717) is 12.2 Å². The van der Waals surface area contributed by atoms with Gasteiger partial charge in [-0.15, -0.1) is 0 Å². The van der Waals surface area contributed by atoms with Crippen molar-refractivity contribution in [2.45, 2.75) is 18.2 Å². The van der Waals surface area contributed by atoms with Crippen LogP contribution in [0.15, 0.2) is 29.4 Å². The maximum atomic E-state index is 12.1. The van der Waals surface area contributed by atoms with Crippen LogP contribution in [0.5, 0.6) is 0 Å². The number of hydrogen-bond donors (Lipinski definition) is 2. The van der Waals surface area contributed by atoms with E-state index >= 15 is 0 Å². The van der Waals surface area contributed by atoms with Gasteiger partial charge in [-0.3, -0.25) is 5.10 Å². The molecule has 0 bridgehead atoms. The lowest BCUT2D eigenvalue weighted by Crippen LogP contribution is -2.26. The van der Waals surface area contributed by atoms with E-state index in [2.05, 4.69) is 19.9 Å². The topological polar surface area (TPSA) is 87.7 Å². The van der Waals surface area contributed by atoms with Crippen LogP contribution in [0.1, 0.15) is 11.4 Å². The maximum absolute atomic E-state index is 12.1. The van der Waals surface area contributed by atoms with Crippen molar-refractivity contribution in [3.8, 4) is 0 Å². The number of benzene rings is 1. The normalized spacial score (nSPS) is 11.7. The molecule has 2 N–H and O–H groups in total. The molecule has 0 fully saturated rings. The highest BCUT2D eigenvalue weighted by atomic mass is 35.5. The van der Waals surface area contributed by atoms with Crippen LogP contribution >= 0.6 is 11.6 Å². The van der Waals surface area contributed by atoms with Crippen molar-refractivity contribution in [3.05, 3.63) is 40.9 Å². The van der Waals surface area contributed by atoms with Gasteiger partial charge in [0, 0.05) is 13.0 Å². The molecule has 0 aliphatic heterocycles. The minimum absolute atomic E-state index is 0.0809. The standard InChI is InChI=1S/C11H13ClN4O2S/c1-8-2-3-10(9(12)6-8)19(17,18)15-5-4-11-13-7-14-16-11/h2-3,6-7,15H,4-5H2,1H3,(H,13,14,16). The number of H-pyrrole nitrogens is 1. The third kappa shape index (κ3) is 3.52. The zero-order valence-corrected chi connectivity index (χ0v) is 11.8. The van der Waals surface area contributed by atoms with Crippen molar-refractivity contribution in [2.24, 2.45) is 0 Å². The van der Waals surface area contributed by atoms with Crippen molar-refractivity contribution in [2.75, 3.05) is 6.54 Å². The fraction of sp³-hybridized carbons (Fsp3) is 0.273. The Morgan fingerprint density at radius 1 is 1.42 bits per heavy atom. The van der Waals surface area contributed by atoms with Gasteiger partial charge in [0.25, 0.3) is 0 Å². The fourth-order valence-corrected chi connectivity index (χ4v) is 3.19. The smallest absolute Gasteiger partial charge is 0.242 e. The third-order valence-corrected chi connectivity index (χ3v) is 4.44. The second-order valence-corrected chi connectivity index (χ2v) is 6.16. The quantitative estimate of drug-likeness (QED) is 0.871. The number of aromatic nitrogens is 3. The lowest BCUT2D eigenvalue weighted by Gasteiger charge is -2.08. The number of hydrogen-bond acceptors (Lipinski definition) is 4. The Labute approximate surface area is 116 Å². The second-order valence-electron chi connectivity index (χ2n) is 4.01. The van der Waals surface area contributed by atoms with E-state index in [1.54, 1.807) is 12.1 Å². The molecule has 0 saturated heterocycles. The summed E-state index contributed by atoms with van der Waals surface area (Å²) < 4.78 is 26.6. The first-order valence-corrected chi connectivity index (χ1v) is 7.45. The third-order valence-electron chi connectivity index (χ3n) is 2.50. The van der Waals surface area contributed by atoms with E-state index in [-0.39, 0.29) is 16.5 Å². The Hall–Kier alpha value is -1.44. The Morgan fingerprint density at radius 2 is 2.21 bits per heavy atom. The van der Waals surface area contributed by atoms with Crippen molar-refractivity contribution in [1.29, 1.82) is 0 Å². The molecule has 0 spiro atoms. The molecule has 0 aliphatic carbocycles. The van der Waals surface area contributed by atoms with E-state index in [9.17, 15) is 8.42 Å². The van der Waals surface area contributed by atoms with Gasteiger partial charge < -0.3 is 0 Å². The zero-order chi connectivity index (χ0) is 13.9. The monoisotopic (exact) mass is 300 g/mol. The van der Waals surface area contributed by atoms with E-state index in [1.807, 2.05) is 6.92 Å². The van der Waals surface area contributed by atoms with Gasteiger partial charge in [0.1, 0.15) is 17.0 Å². The first kappa shape index (κ1) is 14.0. The highest BCUT2D eigenvalue weighted by Gasteiger charge is 2.17. The molecular weight excluding hydrogens is 288 g/mol. The molecule has 2 aromatic rings. The van der Waals surface area contributed by atoms with Crippen LogP contribution in [0.25, 0.3) is 0 Å². The SMILES string of the molecule is Cc1ccc(S(=O)(=O)NCCc2ncn[nH]2)c(Cl)c1. The summed E-state index contributed by atoms with van der Waals surface area (Å²) in [4.78, 5) is 3.99. The number of rotatable bonds is 5. The molecule has 0 radical (unpaired) electrons. The number of nitrogens with one attached hydrogen (secondary N) is 2. The zero-order valence-electron chi connectivity index (χ0n) is 10.2. The van der Waals surface area contributed by atoms with Crippen molar-refractivity contribution in [3.63, 3.8) is 0 Å². The fourth-order valence-electron chi connectivity index (χ4n) is 1.56. The molecule has 2 rings (SSSR count). The lowest BCUT2D eigenvalue weighted by atomic mass is 10.2. The van der Waals surface area contributed by atoms with Gasteiger partial charge >= 0.3 is 0 Å². The van der Waals surface area contributed by atoms with Gasteiger partial charge in [0.05, 0.1) is 5.02 Å². The highest BCUT2D eigenvalue weighted by Crippen LogP contribution is 2.22. The molecule has 0 amide bonds. The highest BCUT2D eigenvalue weighted by molar-refractivity contribution is 7.89. The van der Waals surface area contributed by atoms with Gasteiger partial charge in [0.2, 0.25) is 10.0 Å². The summed E-state index contributed by atoms with van der Waals surface area (Å²) in [6, 6.07) is 4.82. The minimum atomic E-state index is -3.60. The number of halogens is 1. The molecule has 19 heavy (non-hydrogen) atoms. The summed E-state index contributed by atoms with van der Waals surface area (Å²) in [5, 5.41) is 6.56. The molecule has 0 atom stereocenters. The van der Waals surface area contributed by atoms with Crippen LogP contribution in [0.3, 0.4) is 0 Å². The predicted octanol–water partition coefficient (Wildman–Crippen LogP) is 1.29. The molecular formula is C11H13ClN4O2S. The first-order chi connectivity index (χ1) is 8.99. The summed E-state index contributed by atoms with van der Waals surface area (Å²) in [6.45, 7) is 2.07. The maximum Gasteiger partial charge on any atom is 0.242 e. The van der Waals surface area contributed by atoms with Crippen LogP contribution in [-0.2, 0) is 16.4 Å². The van der Waals surface area contributed by atoms with Crippen LogP contribution < -0.4 is 4.72 Å². The Bertz CT molecular complexity index is 655. The van der Waals surface area contributed by atoms with E-state index in [0.717, 1.165) is 5.56 Å². The average molecular weight is 301 g/mol. The largest absolute Gasteiger partial charge is 0.263 e. The van der Waals surface area contributed by atoms with Crippen LogP contribution in [0, 0.1) is 6.92 Å². The summed E-state index contributed by atoms with van der Waals surface area (Å²) in [5.41, 5.74) is 0.908. The van der Waals surface area contributed by atoms with Crippen LogP contribution in [-0.4, -0.2) is 30.1 Å². The molecule has 0 aliphatic rings.